The lowest BCUT2D eigenvalue weighted by Crippen LogP contribution is -2.17. The second kappa shape index (κ2) is 10.0. The number of ether oxygens (including phenoxy) is 2. The van der Waals surface area contributed by atoms with Gasteiger partial charge in [-0.05, 0) is 61.7 Å². The molecular formula is C26H26N2O4. The van der Waals surface area contributed by atoms with E-state index in [9.17, 15) is 9.59 Å². The zero-order valence-electron chi connectivity index (χ0n) is 18.0. The summed E-state index contributed by atoms with van der Waals surface area (Å²) in [5, 5.41) is 5.90. The Bertz CT molecular complexity index is 1090. The van der Waals surface area contributed by atoms with Crippen molar-refractivity contribution < 1.29 is 19.1 Å². The second-order valence-corrected chi connectivity index (χ2v) is 7.70. The fourth-order valence-corrected chi connectivity index (χ4v) is 3.28. The molecule has 0 aromatic heterocycles. The van der Waals surface area contributed by atoms with Crippen molar-refractivity contribution >= 4 is 23.2 Å². The van der Waals surface area contributed by atoms with Crippen LogP contribution in [-0.2, 0) is 4.79 Å². The third-order valence-electron chi connectivity index (χ3n) is 5.27. The van der Waals surface area contributed by atoms with Crippen molar-refractivity contribution in [2.45, 2.75) is 19.8 Å². The van der Waals surface area contributed by atoms with Crippen LogP contribution in [0.5, 0.6) is 11.5 Å². The average Bonchev–Trinajstić information content (AvgIpc) is 3.66. The molecule has 0 atom stereocenters. The first kappa shape index (κ1) is 21.4. The van der Waals surface area contributed by atoms with Gasteiger partial charge in [0.05, 0.1) is 5.56 Å². The van der Waals surface area contributed by atoms with E-state index in [1.807, 2.05) is 61.5 Å². The lowest BCUT2D eigenvalue weighted by molar-refractivity contribution is -0.117. The van der Waals surface area contributed by atoms with Crippen LogP contribution in [0.25, 0.3) is 0 Å². The molecule has 164 valence electrons. The highest BCUT2D eigenvalue weighted by atomic mass is 16.5. The molecule has 6 heteroatoms. The molecule has 32 heavy (non-hydrogen) atoms. The van der Waals surface area contributed by atoms with Gasteiger partial charge in [0.15, 0.2) is 0 Å². The Morgan fingerprint density at radius 3 is 2.22 bits per heavy atom. The van der Waals surface area contributed by atoms with E-state index >= 15 is 0 Å². The predicted molar refractivity (Wildman–Crippen MR) is 124 cm³/mol. The molecule has 0 heterocycles. The summed E-state index contributed by atoms with van der Waals surface area (Å²) in [5.41, 5.74) is 2.59. The summed E-state index contributed by atoms with van der Waals surface area (Å²) < 4.78 is 11.5. The van der Waals surface area contributed by atoms with Crippen LogP contribution in [0, 0.1) is 12.8 Å². The maximum Gasteiger partial charge on any atom is 0.259 e. The van der Waals surface area contributed by atoms with Crippen LogP contribution >= 0.6 is 0 Å². The number of anilines is 2. The number of hydrogen-bond donors (Lipinski definition) is 2. The highest BCUT2D eigenvalue weighted by molar-refractivity contribution is 6.07. The molecule has 1 aliphatic carbocycles. The number of benzene rings is 3. The van der Waals surface area contributed by atoms with Gasteiger partial charge in [-0.1, -0.05) is 36.4 Å². The van der Waals surface area contributed by atoms with Gasteiger partial charge in [-0.3, -0.25) is 9.59 Å². The third kappa shape index (κ3) is 5.46. The van der Waals surface area contributed by atoms with E-state index in [1.54, 1.807) is 18.2 Å². The summed E-state index contributed by atoms with van der Waals surface area (Å²) in [5.74, 6) is 1.12. The highest BCUT2D eigenvalue weighted by Gasteiger charge is 2.30. The second-order valence-electron chi connectivity index (χ2n) is 7.70. The lowest BCUT2D eigenvalue weighted by Gasteiger charge is -2.15. The first-order chi connectivity index (χ1) is 15.6. The molecule has 0 unspecified atom stereocenters. The molecular weight excluding hydrogens is 404 g/mol. The quantitative estimate of drug-likeness (QED) is 0.466. The minimum Gasteiger partial charge on any atom is -0.490 e. The molecule has 0 spiro atoms. The Labute approximate surface area is 187 Å². The number of rotatable bonds is 9. The van der Waals surface area contributed by atoms with Gasteiger partial charge in [0.1, 0.15) is 24.7 Å². The normalized spacial score (nSPS) is 12.7. The number of para-hydroxylation sites is 2. The zero-order chi connectivity index (χ0) is 22.3. The average molecular weight is 431 g/mol. The molecule has 3 aromatic rings. The van der Waals surface area contributed by atoms with Crippen molar-refractivity contribution in [3.05, 3.63) is 83.9 Å². The lowest BCUT2D eigenvalue weighted by atomic mass is 10.1. The molecule has 6 nitrogen and oxygen atoms in total. The number of carbonyl (C=O) groups excluding carboxylic acids is 2. The smallest absolute Gasteiger partial charge is 0.259 e. The van der Waals surface area contributed by atoms with Crippen LogP contribution in [0.2, 0.25) is 0 Å². The molecule has 0 saturated heterocycles. The molecule has 0 aliphatic heterocycles. The molecule has 2 N–H and O–H groups in total. The van der Waals surface area contributed by atoms with E-state index in [2.05, 4.69) is 10.6 Å². The number of hydrogen-bond acceptors (Lipinski definition) is 4. The molecule has 1 fully saturated rings. The molecule has 0 bridgehead atoms. The summed E-state index contributed by atoms with van der Waals surface area (Å²) in [6, 6.07) is 22.1. The van der Waals surface area contributed by atoms with Crippen LogP contribution in [-0.4, -0.2) is 25.0 Å². The van der Waals surface area contributed by atoms with Crippen molar-refractivity contribution in [3.63, 3.8) is 0 Å². The van der Waals surface area contributed by atoms with E-state index in [-0.39, 0.29) is 17.7 Å². The summed E-state index contributed by atoms with van der Waals surface area (Å²) in [7, 11) is 0. The van der Waals surface area contributed by atoms with Gasteiger partial charge in [0, 0.05) is 17.3 Å². The third-order valence-corrected chi connectivity index (χ3v) is 5.27. The Morgan fingerprint density at radius 1 is 0.812 bits per heavy atom. The number of amides is 2. The van der Waals surface area contributed by atoms with Gasteiger partial charge >= 0.3 is 0 Å². The minimum atomic E-state index is -0.279. The van der Waals surface area contributed by atoms with Crippen LogP contribution in [0.3, 0.4) is 0 Å². The highest BCUT2D eigenvalue weighted by Crippen LogP contribution is 2.32. The van der Waals surface area contributed by atoms with Gasteiger partial charge in [-0.15, -0.1) is 0 Å². The topological polar surface area (TPSA) is 76.7 Å². The fraction of sp³-hybridized carbons (Fsp3) is 0.231. The van der Waals surface area contributed by atoms with E-state index < -0.39 is 0 Å². The first-order valence-electron chi connectivity index (χ1n) is 10.7. The standard InChI is InChI=1S/C26H26N2O4/c1-18-22(27-25(29)19-14-15-19)11-7-12-23(18)28-26(30)21-10-5-6-13-24(21)32-17-16-31-20-8-3-2-4-9-20/h2-13,19H,14-17H2,1H3,(H,27,29)(H,28,30). The van der Waals surface area contributed by atoms with Crippen LogP contribution in [0.1, 0.15) is 28.8 Å². The van der Waals surface area contributed by atoms with E-state index in [0.717, 1.165) is 24.2 Å². The van der Waals surface area contributed by atoms with Gasteiger partial charge in [-0.2, -0.15) is 0 Å². The SMILES string of the molecule is Cc1c(NC(=O)c2ccccc2OCCOc2ccccc2)cccc1NC(=O)C1CC1. The van der Waals surface area contributed by atoms with Gasteiger partial charge in [0.2, 0.25) is 5.91 Å². The molecule has 2 amide bonds. The maximum atomic E-state index is 13.0. The number of carbonyl (C=O) groups is 2. The minimum absolute atomic E-state index is 0.0352. The largest absolute Gasteiger partial charge is 0.490 e. The molecule has 1 aliphatic rings. The summed E-state index contributed by atoms with van der Waals surface area (Å²) in [6.07, 6.45) is 1.88. The van der Waals surface area contributed by atoms with Crippen LogP contribution in [0.15, 0.2) is 72.8 Å². The summed E-state index contributed by atoms with van der Waals surface area (Å²) in [6.45, 7) is 2.55. The molecule has 1 saturated carbocycles. The zero-order valence-corrected chi connectivity index (χ0v) is 18.0. The van der Waals surface area contributed by atoms with Crippen LogP contribution < -0.4 is 20.1 Å². The molecule has 3 aromatic carbocycles. The fourth-order valence-electron chi connectivity index (χ4n) is 3.28. The van der Waals surface area contributed by atoms with Crippen molar-refractivity contribution in [2.24, 2.45) is 5.92 Å². The van der Waals surface area contributed by atoms with Gasteiger partial charge < -0.3 is 20.1 Å². The first-order valence-corrected chi connectivity index (χ1v) is 10.7. The Balaban J connectivity index is 1.38. The van der Waals surface area contributed by atoms with Crippen molar-refractivity contribution in [2.75, 3.05) is 23.8 Å². The monoisotopic (exact) mass is 430 g/mol. The van der Waals surface area contributed by atoms with Crippen molar-refractivity contribution in [1.82, 2.24) is 0 Å². The van der Waals surface area contributed by atoms with Gasteiger partial charge in [-0.25, -0.2) is 0 Å². The van der Waals surface area contributed by atoms with Crippen LogP contribution in [0.4, 0.5) is 11.4 Å². The van der Waals surface area contributed by atoms with E-state index in [0.29, 0.717) is 35.9 Å². The Hall–Kier alpha value is -3.80. The summed E-state index contributed by atoms with van der Waals surface area (Å²) in [4.78, 5) is 25.1. The van der Waals surface area contributed by atoms with Gasteiger partial charge in [0.25, 0.3) is 5.91 Å². The molecule has 0 radical (unpaired) electrons. The number of nitrogens with one attached hydrogen (secondary N) is 2. The maximum absolute atomic E-state index is 13.0. The summed E-state index contributed by atoms with van der Waals surface area (Å²) >= 11 is 0. The van der Waals surface area contributed by atoms with Crippen molar-refractivity contribution in [3.8, 4) is 11.5 Å². The van der Waals surface area contributed by atoms with E-state index in [1.165, 1.54) is 0 Å². The van der Waals surface area contributed by atoms with Crippen molar-refractivity contribution in [1.29, 1.82) is 0 Å². The molecule has 4 rings (SSSR count). The Morgan fingerprint density at radius 2 is 1.47 bits per heavy atom. The predicted octanol–water partition coefficient (Wildman–Crippen LogP) is 5.05. The Kier molecular flexibility index (Phi) is 6.70. The van der Waals surface area contributed by atoms with E-state index in [4.69, 9.17) is 9.47 Å².